The van der Waals surface area contributed by atoms with Crippen molar-refractivity contribution >= 4 is 33.3 Å². The number of aromatic nitrogens is 2. The fraction of sp³-hybridized carbons (Fsp3) is 0.500. The van der Waals surface area contributed by atoms with Crippen molar-refractivity contribution in [2.24, 2.45) is 5.84 Å². The van der Waals surface area contributed by atoms with Crippen molar-refractivity contribution in [1.82, 2.24) is 9.97 Å². The number of thiophene rings is 1. The van der Waals surface area contributed by atoms with Crippen LogP contribution in [0.1, 0.15) is 25.7 Å². The Morgan fingerprint density at radius 3 is 2.79 bits per heavy atom. The number of hydrogen-bond acceptors (Lipinski definition) is 7. The molecule has 0 amide bonds. The lowest BCUT2D eigenvalue weighted by Crippen LogP contribution is -2.28. The second-order valence-electron chi connectivity index (χ2n) is 4.83. The fourth-order valence-corrected chi connectivity index (χ4v) is 3.21. The molecule has 0 spiro atoms. The Hall–Kier alpha value is -1.44. The van der Waals surface area contributed by atoms with E-state index >= 15 is 0 Å². The van der Waals surface area contributed by atoms with E-state index in [1.54, 1.807) is 11.3 Å². The minimum atomic E-state index is -0.147. The third-order valence-corrected chi connectivity index (χ3v) is 4.30. The van der Waals surface area contributed by atoms with Crippen LogP contribution < -0.4 is 16.6 Å². The quantitative estimate of drug-likeness (QED) is 0.504. The van der Waals surface area contributed by atoms with Crippen LogP contribution in [0.25, 0.3) is 10.2 Å². The number of aliphatic hydroxyl groups excluding tert-OH is 1. The molecule has 0 aromatic carbocycles. The average molecular weight is 279 g/mol. The number of nitrogen functional groups attached to an aromatic ring is 1. The zero-order chi connectivity index (χ0) is 13.2. The molecule has 1 saturated carbocycles. The van der Waals surface area contributed by atoms with Gasteiger partial charge in [0.1, 0.15) is 10.6 Å². The minimum absolute atomic E-state index is 0.147. The highest BCUT2D eigenvalue weighted by atomic mass is 32.1. The van der Waals surface area contributed by atoms with E-state index in [4.69, 9.17) is 5.84 Å². The first kappa shape index (κ1) is 12.6. The summed E-state index contributed by atoms with van der Waals surface area (Å²) in [5.74, 6) is 6.64. The standard InChI is InChI=1S/C12H17N5OS/c13-17-12-15-10(9-5-6-19-11(9)16-12)14-7-1-3-8(18)4-2-7/h5-8,18H,1-4,13H2,(H2,14,15,16,17). The van der Waals surface area contributed by atoms with Crippen LogP contribution in [-0.4, -0.2) is 27.2 Å². The lowest BCUT2D eigenvalue weighted by atomic mass is 9.93. The van der Waals surface area contributed by atoms with Gasteiger partial charge in [-0.15, -0.1) is 11.3 Å². The second kappa shape index (κ2) is 5.28. The number of hydrazine groups is 1. The lowest BCUT2D eigenvalue weighted by molar-refractivity contribution is 0.126. The van der Waals surface area contributed by atoms with Gasteiger partial charge < -0.3 is 10.4 Å². The molecule has 1 aliphatic carbocycles. The molecule has 6 nitrogen and oxygen atoms in total. The van der Waals surface area contributed by atoms with Gasteiger partial charge in [0.15, 0.2) is 0 Å². The van der Waals surface area contributed by atoms with Crippen molar-refractivity contribution in [3.05, 3.63) is 11.4 Å². The molecule has 2 aromatic heterocycles. The molecule has 3 rings (SSSR count). The number of nitrogens with zero attached hydrogens (tertiary/aromatic N) is 2. The normalized spacial score (nSPS) is 23.5. The van der Waals surface area contributed by atoms with Gasteiger partial charge in [0.25, 0.3) is 0 Å². The molecule has 1 fully saturated rings. The molecule has 1 aliphatic rings. The largest absolute Gasteiger partial charge is 0.393 e. The van der Waals surface area contributed by atoms with Gasteiger partial charge in [-0.05, 0) is 37.1 Å². The summed E-state index contributed by atoms with van der Waals surface area (Å²) in [5.41, 5.74) is 2.50. The Balaban J connectivity index is 1.85. The maximum atomic E-state index is 9.54. The molecule has 0 bridgehead atoms. The highest BCUT2D eigenvalue weighted by Gasteiger charge is 2.20. The summed E-state index contributed by atoms with van der Waals surface area (Å²) in [6.45, 7) is 0. The SMILES string of the molecule is NNc1nc(NC2CCC(O)CC2)c2ccsc2n1. The van der Waals surface area contributed by atoms with Gasteiger partial charge in [-0.3, -0.25) is 5.43 Å². The summed E-state index contributed by atoms with van der Waals surface area (Å²) in [4.78, 5) is 9.62. The second-order valence-corrected chi connectivity index (χ2v) is 5.72. The summed E-state index contributed by atoms with van der Waals surface area (Å²) in [6.07, 6.45) is 3.46. The minimum Gasteiger partial charge on any atom is -0.393 e. The van der Waals surface area contributed by atoms with Gasteiger partial charge in [0.05, 0.1) is 11.5 Å². The van der Waals surface area contributed by atoms with Crippen LogP contribution in [-0.2, 0) is 0 Å². The van der Waals surface area contributed by atoms with Crippen molar-refractivity contribution in [2.45, 2.75) is 37.8 Å². The number of aliphatic hydroxyl groups is 1. The molecule has 102 valence electrons. The number of nitrogens with one attached hydrogen (secondary N) is 2. The summed E-state index contributed by atoms with van der Waals surface area (Å²) >= 11 is 1.57. The maximum absolute atomic E-state index is 9.54. The van der Waals surface area contributed by atoms with Gasteiger partial charge in [-0.2, -0.15) is 4.98 Å². The Morgan fingerprint density at radius 1 is 1.26 bits per heavy atom. The Labute approximate surface area is 115 Å². The van der Waals surface area contributed by atoms with E-state index in [2.05, 4.69) is 20.7 Å². The van der Waals surface area contributed by atoms with Crippen molar-refractivity contribution < 1.29 is 5.11 Å². The number of fused-ring (bicyclic) bond motifs is 1. The maximum Gasteiger partial charge on any atom is 0.240 e. The topological polar surface area (TPSA) is 96.1 Å². The summed E-state index contributed by atoms with van der Waals surface area (Å²) < 4.78 is 0. The van der Waals surface area contributed by atoms with Gasteiger partial charge in [0.2, 0.25) is 5.95 Å². The van der Waals surface area contributed by atoms with Crippen LogP contribution in [0, 0.1) is 0 Å². The predicted octanol–water partition coefficient (Wildman–Crippen LogP) is 1.69. The van der Waals surface area contributed by atoms with Crippen molar-refractivity contribution in [1.29, 1.82) is 0 Å². The lowest BCUT2D eigenvalue weighted by Gasteiger charge is -2.26. The van der Waals surface area contributed by atoms with E-state index < -0.39 is 0 Å². The van der Waals surface area contributed by atoms with Gasteiger partial charge in [-0.25, -0.2) is 10.8 Å². The first-order chi connectivity index (χ1) is 9.26. The molecular formula is C12H17N5OS. The first-order valence-corrected chi connectivity index (χ1v) is 7.30. The van der Waals surface area contributed by atoms with Gasteiger partial charge in [0, 0.05) is 6.04 Å². The Kier molecular flexibility index (Phi) is 3.50. The highest BCUT2D eigenvalue weighted by molar-refractivity contribution is 7.16. The molecule has 19 heavy (non-hydrogen) atoms. The van der Waals surface area contributed by atoms with Crippen molar-refractivity contribution in [2.75, 3.05) is 10.7 Å². The van der Waals surface area contributed by atoms with E-state index in [1.165, 1.54) is 0 Å². The molecule has 0 atom stereocenters. The van der Waals surface area contributed by atoms with Gasteiger partial charge in [-0.1, -0.05) is 0 Å². The van der Waals surface area contributed by atoms with E-state index in [9.17, 15) is 5.11 Å². The van der Waals surface area contributed by atoms with E-state index in [0.29, 0.717) is 12.0 Å². The number of nitrogens with two attached hydrogens (primary N) is 1. The van der Waals surface area contributed by atoms with Crippen LogP contribution in [0.2, 0.25) is 0 Å². The van der Waals surface area contributed by atoms with Crippen LogP contribution in [0.5, 0.6) is 0 Å². The van der Waals surface area contributed by atoms with Crippen LogP contribution in [0.4, 0.5) is 11.8 Å². The zero-order valence-corrected chi connectivity index (χ0v) is 11.3. The van der Waals surface area contributed by atoms with E-state index in [1.807, 2.05) is 11.4 Å². The Morgan fingerprint density at radius 2 is 2.05 bits per heavy atom. The molecule has 0 radical (unpaired) electrons. The fourth-order valence-electron chi connectivity index (χ4n) is 2.44. The van der Waals surface area contributed by atoms with Crippen LogP contribution >= 0.6 is 11.3 Å². The third-order valence-electron chi connectivity index (χ3n) is 3.49. The predicted molar refractivity (Wildman–Crippen MR) is 77.1 cm³/mol. The smallest absolute Gasteiger partial charge is 0.240 e. The molecule has 2 aromatic rings. The van der Waals surface area contributed by atoms with Gasteiger partial charge >= 0.3 is 0 Å². The monoisotopic (exact) mass is 279 g/mol. The number of rotatable bonds is 3. The van der Waals surface area contributed by atoms with E-state index in [-0.39, 0.29) is 6.10 Å². The van der Waals surface area contributed by atoms with Crippen molar-refractivity contribution in [3.63, 3.8) is 0 Å². The molecule has 0 unspecified atom stereocenters. The highest BCUT2D eigenvalue weighted by Crippen LogP contribution is 2.29. The van der Waals surface area contributed by atoms with Crippen LogP contribution in [0.15, 0.2) is 11.4 Å². The molecule has 0 saturated heterocycles. The summed E-state index contributed by atoms with van der Waals surface area (Å²) in [5, 5.41) is 16.0. The molecule has 2 heterocycles. The molecular weight excluding hydrogens is 262 g/mol. The van der Waals surface area contributed by atoms with Crippen molar-refractivity contribution in [3.8, 4) is 0 Å². The molecule has 5 N–H and O–H groups in total. The number of hydrogen-bond donors (Lipinski definition) is 4. The summed E-state index contributed by atoms with van der Waals surface area (Å²) in [6, 6.07) is 2.37. The third kappa shape index (κ3) is 2.63. The van der Waals surface area contributed by atoms with Crippen LogP contribution in [0.3, 0.4) is 0 Å². The molecule has 0 aliphatic heterocycles. The first-order valence-electron chi connectivity index (χ1n) is 6.42. The zero-order valence-electron chi connectivity index (χ0n) is 10.5. The van der Waals surface area contributed by atoms with E-state index in [0.717, 1.165) is 41.7 Å². The number of anilines is 2. The molecule has 7 heteroatoms. The summed E-state index contributed by atoms with van der Waals surface area (Å²) in [7, 11) is 0. The average Bonchev–Trinajstić information content (AvgIpc) is 2.89. The Bertz CT molecular complexity index is 564.